The van der Waals surface area contributed by atoms with E-state index in [1.54, 1.807) is 24.2 Å². The minimum atomic E-state index is -4.85. The van der Waals surface area contributed by atoms with Gasteiger partial charge in [0.2, 0.25) is 5.91 Å². The average Bonchev–Trinajstić information content (AvgIpc) is 2.79. The first-order valence-electron chi connectivity index (χ1n) is 10.6. The van der Waals surface area contributed by atoms with Gasteiger partial charge in [0, 0.05) is 31.7 Å². The summed E-state index contributed by atoms with van der Waals surface area (Å²) in [5.74, 6) is 0.622. The van der Waals surface area contributed by atoms with Crippen LogP contribution < -0.4 is 21.3 Å². The van der Waals surface area contributed by atoms with Crippen LogP contribution in [-0.2, 0) is 15.8 Å². The third-order valence-corrected chi connectivity index (χ3v) is 5.35. The first-order chi connectivity index (χ1) is 16.2. The number of carbonyl (C=O) groups is 1. The summed E-state index contributed by atoms with van der Waals surface area (Å²) in [6.45, 7) is 2.87. The Bertz CT molecular complexity index is 1070. The maximum Gasteiger partial charge on any atom is 0.423 e. The molecule has 1 saturated heterocycles. The molecular weight excluding hydrogens is 455 g/mol. The number of halogens is 3. The van der Waals surface area contributed by atoms with Crippen LogP contribution in [-0.4, -0.2) is 46.8 Å². The van der Waals surface area contributed by atoms with Crippen LogP contribution in [0.5, 0.6) is 0 Å². The van der Waals surface area contributed by atoms with Gasteiger partial charge >= 0.3 is 6.18 Å². The molecule has 13 heteroatoms. The fourth-order valence-corrected chi connectivity index (χ4v) is 3.65. The SMILES string of the molecule is CC(CONC(=O)CC1CCN(c2ccc(C#N)cn2)CC1)Nc1cn[nH]c(=O)c1C(F)(F)F. The molecule has 0 aliphatic carbocycles. The van der Waals surface area contributed by atoms with Gasteiger partial charge in [-0.1, -0.05) is 0 Å². The van der Waals surface area contributed by atoms with Crippen molar-refractivity contribution in [2.75, 3.05) is 29.9 Å². The van der Waals surface area contributed by atoms with E-state index in [2.05, 4.69) is 25.8 Å². The number of nitriles is 1. The Balaban J connectivity index is 1.39. The van der Waals surface area contributed by atoms with Gasteiger partial charge in [-0.15, -0.1) is 0 Å². The summed E-state index contributed by atoms with van der Waals surface area (Å²) in [6.07, 6.45) is -0.630. The maximum absolute atomic E-state index is 13.1. The molecule has 0 bridgehead atoms. The maximum atomic E-state index is 13.1. The van der Waals surface area contributed by atoms with E-state index in [-0.39, 0.29) is 24.9 Å². The predicted octanol–water partition coefficient (Wildman–Crippen LogP) is 2.21. The predicted molar refractivity (Wildman–Crippen MR) is 116 cm³/mol. The van der Waals surface area contributed by atoms with Crippen molar-refractivity contribution in [1.82, 2.24) is 20.7 Å². The molecule has 1 aliphatic heterocycles. The molecule has 182 valence electrons. The molecule has 2 aromatic rings. The molecule has 0 saturated carbocycles. The van der Waals surface area contributed by atoms with Crippen molar-refractivity contribution in [2.24, 2.45) is 5.92 Å². The smallest absolute Gasteiger partial charge is 0.378 e. The number of pyridine rings is 1. The molecule has 3 heterocycles. The number of hydroxylamine groups is 1. The fourth-order valence-electron chi connectivity index (χ4n) is 3.65. The fraction of sp³-hybridized carbons (Fsp3) is 0.476. The molecule has 2 aromatic heterocycles. The Morgan fingerprint density at radius 2 is 2.09 bits per heavy atom. The van der Waals surface area contributed by atoms with Crippen LogP contribution in [0.3, 0.4) is 0 Å². The number of H-pyrrole nitrogens is 1. The molecule has 0 spiro atoms. The lowest BCUT2D eigenvalue weighted by Gasteiger charge is -2.32. The molecular formula is C21H24F3N7O3. The minimum Gasteiger partial charge on any atom is -0.378 e. The van der Waals surface area contributed by atoms with E-state index in [0.717, 1.165) is 37.9 Å². The number of amides is 1. The van der Waals surface area contributed by atoms with E-state index in [0.29, 0.717) is 5.56 Å². The van der Waals surface area contributed by atoms with E-state index in [1.807, 2.05) is 6.07 Å². The summed E-state index contributed by atoms with van der Waals surface area (Å²) in [5.41, 5.74) is -0.379. The Morgan fingerprint density at radius 1 is 1.35 bits per heavy atom. The van der Waals surface area contributed by atoms with Crippen molar-refractivity contribution in [3.63, 3.8) is 0 Å². The highest BCUT2D eigenvalue weighted by Gasteiger charge is 2.37. The number of hydrogen-bond donors (Lipinski definition) is 3. The molecule has 3 N–H and O–H groups in total. The summed E-state index contributed by atoms with van der Waals surface area (Å²) in [4.78, 5) is 35.2. The number of carbonyl (C=O) groups excluding carboxylic acids is 1. The van der Waals surface area contributed by atoms with Crippen LogP contribution in [0.4, 0.5) is 24.7 Å². The number of piperidine rings is 1. The van der Waals surface area contributed by atoms with Crippen LogP contribution >= 0.6 is 0 Å². The van der Waals surface area contributed by atoms with Gasteiger partial charge in [0.25, 0.3) is 5.56 Å². The molecule has 0 aromatic carbocycles. The number of aromatic nitrogens is 3. The number of nitrogens with one attached hydrogen (secondary N) is 3. The van der Waals surface area contributed by atoms with Crippen molar-refractivity contribution in [3.05, 3.63) is 46.0 Å². The molecule has 1 amide bonds. The first kappa shape index (κ1) is 25.0. The van der Waals surface area contributed by atoms with Crippen LogP contribution in [0, 0.1) is 17.2 Å². The highest BCUT2D eigenvalue weighted by atomic mass is 19.4. The summed E-state index contributed by atoms with van der Waals surface area (Å²) < 4.78 is 39.3. The van der Waals surface area contributed by atoms with Crippen LogP contribution in [0.25, 0.3) is 0 Å². The van der Waals surface area contributed by atoms with E-state index < -0.39 is 29.0 Å². The standard InChI is InChI=1S/C21H24F3N7O3/c1-13(28-16-11-27-29-20(33)19(16)21(22,23)24)12-34-30-18(32)8-14-4-6-31(7-5-14)17-3-2-15(9-25)10-26-17/h2-3,10-11,13-14H,4-8,12H2,1H3,(H,30,32)(H2,28,29,33). The van der Waals surface area contributed by atoms with E-state index in [9.17, 15) is 22.8 Å². The zero-order valence-electron chi connectivity index (χ0n) is 18.4. The second-order valence-electron chi connectivity index (χ2n) is 8.02. The number of nitrogens with zero attached hydrogens (tertiary/aromatic N) is 4. The second-order valence-corrected chi connectivity index (χ2v) is 8.02. The van der Waals surface area contributed by atoms with Crippen LogP contribution in [0.2, 0.25) is 0 Å². The highest BCUT2D eigenvalue weighted by Crippen LogP contribution is 2.31. The molecule has 1 aliphatic rings. The van der Waals surface area contributed by atoms with E-state index in [1.165, 1.54) is 6.20 Å². The van der Waals surface area contributed by atoms with Crippen molar-refractivity contribution in [2.45, 2.75) is 38.4 Å². The van der Waals surface area contributed by atoms with Crippen molar-refractivity contribution in [1.29, 1.82) is 5.26 Å². The monoisotopic (exact) mass is 479 g/mol. The lowest BCUT2D eigenvalue weighted by atomic mass is 9.93. The van der Waals surface area contributed by atoms with Gasteiger partial charge in [-0.05, 0) is 37.8 Å². The third-order valence-electron chi connectivity index (χ3n) is 5.35. The summed E-state index contributed by atoms with van der Waals surface area (Å²) >= 11 is 0. The van der Waals surface area contributed by atoms with Crippen LogP contribution in [0.1, 0.15) is 37.3 Å². The van der Waals surface area contributed by atoms with Gasteiger partial charge in [0.1, 0.15) is 17.5 Å². The zero-order chi connectivity index (χ0) is 24.7. The lowest BCUT2D eigenvalue weighted by molar-refractivity contribution is -0.138. The number of rotatable bonds is 8. The average molecular weight is 479 g/mol. The Labute approximate surface area is 193 Å². The Hall–Kier alpha value is -3.66. The van der Waals surface area contributed by atoms with Crippen molar-refractivity contribution < 1.29 is 22.8 Å². The molecule has 34 heavy (non-hydrogen) atoms. The number of alkyl halides is 3. The zero-order valence-corrected chi connectivity index (χ0v) is 18.4. The summed E-state index contributed by atoms with van der Waals surface area (Å²) in [5, 5.41) is 16.5. The minimum absolute atomic E-state index is 0.126. The third kappa shape index (κ3) is 6.67. The topological polar surface area (TPSA) is 136 Å². The molecule has 1 atom stereocenters. The number of hydrogen-bond acceptors (Lipinski definition) is 8. The number of anilines is 2. The van der Waals surface area contributed by atoms with Gasteiger partial charge in [-0.3, -0.25) is 14.4 Å². The summed E-state index contributed by atoms with van der Waals surface area (Å²) in [7, 11) is 0. The van der Waals surface area contributed by atoms with Crippen molar-refractivity contribution >= 4 is 17.4 Å². The van der Waals surface area contributed by atoms with E-state index >= 15 is 0 Å². The highest BCUT2D eigenvalue weighted by molar-refractivity contribution is 5.75. The lowest BCUT2D eigenvalue weighted by Crippen LogP contribution is -2.37. The normalized spacial score (nSPS) is 15.4. The van der Waals surface area contributed by atoms with Crippen LogP contribution in [0.15, 0.2) is 29.3 Å². The van der Waals surface area contributed by atoms with Crippen molar-refractivity contribution in [3.8, 4) is 6.07 Å². The van der Waals surface area contributed by atoms with Gasteiger partial charge in [0.05, 0.1) is 24.1 Å². The number of aromatic amines is 1. The van der Waals surface area contributed by atoms with Gasteiger partial charge < -0.3 is 10.2 Å². The molecule has 10 nitrogen and oxygen atoms in total. The van der Waals surface area contributed by atoms with Gasteiger partial charge in [-0.2, -0.15) is 23.5 Å². The molecule has 3 rings (SSSR count). The van der Waals surface area contributed by atoms with Gasteiger partial charge in [-0.25, -0.2) is 15.6 Å². The molecule has 1 fully saturated rings. The largest absolute Gasteiger partial charge is 0.423 e. The van der Waals surface area contributed by atoms with Gasteiger partial charge in [0.15, 0.2) is 0 Å². The molecule has 1 unspecified atom stereocenters. The first-order valence-corrected chi connectivity index (χ1v) is 10.6. The second kappa shape index (κ2) is 11.0. The Morgan fingerprint density at radius 3 is 2.71 bits per heavy atom. The summed E-state index contributed by atoms with van der Waals surface area (Å²) in [6, 6.07) is 4.90. The quantitative estimate of drug-likeness (QED) is 0.491. The van der Waals surface area contributed by atoms with E-state index in [4.69, 9.17) is 10.1 Å². The molecule has 0 radical (unpaired) electrons. The Kier molecular flexibility index (Phi) is 8.06.